The first-order chi connectivity index (χ1) is 10.5. The molecule has 7 nitrogen and oxygen atoms in total. The molecule has 22 heavy (non-hydrogen) atoms. The predicted octanol–water partition coefficient (Wildman–Crippen LogP) is 1.52. The van der Waals surface area contributed by atoms with Crippen LogP contribution in [0.3, 0.4) is 0 Å². The lowest BCUT2D eigenvalue weighted by atomic mass is 9.91. The van der Waals surface area contributed by atoms with Gasteiger partial charge < -0.3 is 16.0 Å². The van der Waals surface area contributed by atoms with Crippen LogP contribution in [0.1, 0.15) is 30.1 Å². The van der Waals surface area contributed by atoms with Crippen molar-refractivity contribution in [1.29, 1.82) is 0 Å². The summed E-state index contributed by atoms with van der Waals surface area (Å²) in [5, 5.41) is 13.9. The summed E-state index contributed by atoms with van der Waals surface area (Å²) in [6, 6.07) is 4.70. The summed E-state index contributed by atoms with van der Waals surface area (Å²) in [5.41, 5.74) is 6.62. The zero-order valence-corrected chi connectivity index (χ0v) is 12.9. The molecule has 1 fully saturated rings. The molecule has 2 atom stereocenters. The fraction of sp³-hybridized carbons (Fsp3) is 0.533. The molecule has 1 amide bonds. The van der Waals surface area contributed by atoms with E-state index in [2.05, 4.69) is 12.2 Å². The van der Waals surface area contributed by atoms with Gasteiger partial charge in [-0.15, -0.1) is 0 Å². The first kappa shape index (κ1) is 16.2. The van der Waals surface area contributed by atoms with E-state index in [0.29, 0.717) is 18.2 Å². The van der Waals surface area contributed by atoms with Gasteiger partial charge in [-0.2, -0.15) is 0 Å². The highest BCUT2D eigenvalue weighted by Gasteiger charge is 2.30. The van der Waals surface area contributed by atoms with Crippen LogP contribution in [0.2, 0.25) is 0 Å². The van der Waals surface area contributed by atoms with Gasteiger partial charge in [0, 0.05) is 37.8 Å². The van der Waals surface area contributed by atoms with Crippen molar-refractivity contribution in [3.63, 3.8) is 0 Å². The minimum atomic E-state index is -0.437. The van der Waals surface area contributed by atoms with Crippen LogP contribution in [0, 0.1) is 16.0 Å². The van der Waals surface area contributed by atoms with E-state index in [-0.39, 0.29) is 23.2 Å². The fourth-order valence-electron chi connectivity index (χ4n) is 2.99. The Hall–Kier alpha value is -2.15. The number of nitro groups is 1. The summed E-state index contributed by atoms with van der Waals surface area (Å²) in [7, 11) is 1.50. The van der Waals surface area contributed by atoms with Gasteiger partial charge in [0.25, 0.3) is 11.6 Å². The molecule has 1 aromatic rings. The van der Waals surface area contributed by atoms with Crippen molar-refractivity contribution in [1.82, 2.24) is 5.32 Å². The molecular weight excluding hydrogens is 284 g/mol. The molecule has 1 heterocycles. The van der Waals surface area contributed by atoms with Crippen LogP contribution >= 0.6 is 0 Å². The van der Waals surface area contributed by atoms with Crippen LogP contribution in [-0.4, -0.2) is 37.0 Å². The van der Waals surface area contributed by atoms with Crippen LogP contribution < -0.4 is 16.0 Å². The van der Waals surface area contributed by atoms with E-state index >= 15 is 0 Å². The standard InChI is InChI=1S/C15H22N4O3/c1-10-5-6-18(12(7-10)9-16)13-4-3-11(15(20)17-2)8-14(13)19(21)22/h3-4,8,10,12H,5-7,9,16H2,1-2H3,(H,17,20). The summed E-state index contributed by atoms with van der Waals surface area (Å²) < 4.78 is 0. The maximum absolute atomic E-state index is 11.7. The highest BCUT2D eigenvalue weighted by atomic mass is 16.6. The van der Waals surface area contributed by atoms with Crippen molar-refractivity contribution in [2.24, 2.45) is 11.7 Å². The number of amides is 1. The third-order valence-corrected chi connectivity index (χ3v) is 4.22. The lowest BCUT2D eigenvalue weighted by Crippen LogP contribution is -2.46. The zero-order valence-electron chi connectivity index (χ0n) is 12.9. The minimum Gasteiger partial charge on any atom is -0.362 e. The number of nitrogens with one attached hydrogen (secondary N) is 1. The number of nitrogens with two attached hydrogens (primary N) is 1. The molecule has 7 heteroatoms. The molecule has 2 unspecified atom stereocenters. The normalized spacial score (nSPS) is 21.5. The van der Waals surface area contributed by atoms with Gasteiger partial charge in [0.15, 0.2) is 0 Å². The highest BCUT2D eigenvalue weighted by Crippen LogP contribution is 2.34. The van der Waals surface area contributed by atoms with E-state index in [0.717, 1.165) is 19.4 Å². The quantitative estimate of drug-likeness (QED) is 0.648. The molecule has 1 aliphatic rings. The Labute approximate surface area is 129 Å². The molecule has 1 aromatic carbocycles. The third-order valence-electron chi connectivity index (χ3n) is 4.22. The average Bonchev–Trinajstić information content (AvgIpc) is 2.53. The van der Waals surface area contributed by atoms with Crippen LogP contribution in [0.4, 0.5) is 11.4 Å². The second kappa shape index (κ2) is 6.74. The van der Waals surface area contributed by atoms with Gasteiger partial charge >= 0.3 is 0 Å². The van der Waals surface area contributed by atoms with E-state index in [9.17, 15) is 14.9 Å². The lowest BCUT2D eigenvalue weighted by molar-refractivity contribution is -0.384. The molecule has 1 aliphatic heterocycles. The van der Waals surface area contributed by atoms with Crippen LogP contribution in [0.15, 0.2) is 18.2 Å². The molecular formula is C15H22N4O3. The van der Waals surface area contributed by atoms with Crippen molar-refractivity contribution in [2.45, 2.75) is 25.8 Å². The highest BCUT2D eigenvalue weighted by molar-refractivity contribution is 5.95. The van der Waals surface area contributed by atoms with Gasteiger partial charge in [0.1, 0.15) is 5.69 Å². The SMILES string of the molecule is CNC(=O)c1ccc(N2CCC(C)CC2CN)c([N+](=O)[O-])c1. The number of carbonyl (C=O) groups excluding carboxylic acids is 1. The zero-order chi connectivity index (χ0) is 16.3. The monoisotopic (exact) mass is 306 g/mol. The van der Waals surface area contributed by atoms with Crippen molar-refractivity contribution >= 4 is 17.3 Å². The second-order valence-electron chi connectivity index (χ2n) is 5.75. The van der Waals surface area contributed by atoms with Gasteiger partial charge in [-0.05, 0) is 30.9 Å². The number of carbonyl (C=O) groups is 1. The molecule has 1 saturated heterocycles. The summed E-state index contributed by atoms with van der Waals surface area (Å²) in [5.74, 6) is 0.228. The number of nitro benzene ring substituents is 1. The number of piperidine rings is 1. The molecule has 0 bridgehead atoms. The van der Waals surface area contributed by atoms with Gasteiger partial charge in [-0.3, -0.25) is 14.9 Å². The van der Waals surface area contributed by atoms with Crippen molar-refractivity contribution in [3.05, 3.63) is 33.9 Å². The Morgan fingerprint density at radius 1 is 1.55 bits per heavy atom. The molecule has 0 aliphatic carbocycles. The molecule has 3 N–H and O–H groups in total. The van der Waals surface area contributed by atoms with E-state index in [1.807, 2.05) is 4.90 Å². The predicted molar refractivity (Wildman–Crippen MR) is 85.1 cm³/mol. The Bertz CT molecular complexity index is 576. The number of hydrogen-bond acceptors (Lipinski definition) is 5. The van der Waals surface area contributed by atoms with E-state index in [1.165, 1.54) is 13.1 Å². The van der Waals surface area contributed by atoms with Crippen LogP contribution in [0.25, 0.3) is 0 Å². The van der Waals surface area contributed by atoms with Gasteiger partial charge in [0.2, 0.25) is 0 Å². The van der Waals surface area contributed by atoms with Gasteiger partial charge in [-0.25, -0.2) is 0 Å². The molecule has 0 spiro atoms. The van der Waals surface area contributed by atoms with Gasteiger partial charge in [0.05, 0.1) is 4.92 Å². The maximum atomic E-state index is 11.7. The minimum absolute atomic E-state index is 0.0471. The third kappa shape index (κ3) is 3.19. The number of anilines is 1. The first-order valence-electron chi connectivity index (χ1n) is 7.45. The molecule has 0 saturated carbocycles. The first-order valence-corrected chi connectivity index (χ1v) is 7.45. The summed E-state index contributed by atoms with van der Waals surface area (Å²) in [6.07, 6.45) is 1.90. The van der Waals surface area contributed by atoms with E-state index < -0.39 is 4.92 Å². The second-order valence-corrected chi connectivity index (χ2v) is 5.75. The smallest absolute Gasteiger partial charge is 0.293 e. The average molecular weight is 306 g/mol. The lowest BCUT2D eigenvalue weighted by Gasteiger charge is -2.39. The molecule has 2 rings (SSSR count). The summed E-state index contributed by atoms with van der Waals surface area (Å²) in [6.45, 7) is 3.37. The Morgan fingerprint density at radius 3 is 2.86 bits per heavy atom. The van der Waals surface area contributed by atoms with Gasteiger partial charge in [-0.1, -0.05) is 6.92 Å². The fourth-order valence-corrected chi connectivity index (χ4v) is 2.99. The number of nitrogens with zero attached hydrogens (tertiary/aromatic N) is 2. The summed E-state index contributed by atoms with van der Waals surface area (Å²) >= 11 is 0. The van der Waals surface area contributed by atoms with Crippen molar-refractivity contribution in [2.75, 3.05) is 25.0 Å². The molecule has 0 radical (unpaired) electrons. The Morgan fingerprint density at radius 2 is 2.27 bits per heavy atom. The van der Waals surface area contributed by atoms with Crippen LogP contribution in [0.5, 0.6) is 0 Å². The van der Waals surface area contributed by atoms with Crippen LogP contribution in [-0.2, 0) is 0 Å². The van der Waals surface area contributed by atoms with Crippen molar-refractivity contribution < 1.29 is 9.72 Å². The Kier molecular flexibility index (Phi) is 4.97. The molecule has 120 valence electrons. The maximum Gasteiger partial charge on any atom is 0.293 e. The number of benzene rings is 1. The number of hydrogen-bond donors (Lipinski definition) is 2. The largest absolute Gasteiger partial charge is 0.362 e. The summed E-state index contributed by atoms with van der Waals surface area (Å²) in [4.78, 5) is 24.6. The van der Waals surface area contributed by atoms with E-state index in [1.54, 1.807) is 12.1 Å². The topological polar surface area (TPSA) is 102 Å². The number of rotatable bonds is 4. The van der Waals surface area contributed by atoms with Crippen molar-refractivity contribution in [3.8, 4) is 0 Å². The molecule has 0 aromatic heterocycles. The Balaban J connectivity index is 2.41. The van der Waals surface area contributed by atoms with E-state index in [4.69, 9.17) is 5.73 Å².